The molecule has 0 radical (unpaired) electrons. The van der Waals surface area contributed by atoms with E-state index in [2.05, 4.69) is 70.1 Å². The lowest BCUT2D eigenvalue weighted by atomic mass is 10.0. The summed E-state index contributed by atoms with van der Waals surface area (Å²) in [6.45, 7) is 5.34. The molecule has 0 amide bonds. The third kappa shape index (κ3) is 5.85. The molecule has 0 bridgehead atoms. The number of aliphatic hydroxyl groups is 1. The molecule has 2 aromatic rings. The number of nitrogens with zero attached hydrogens (tertiary/aromatic N) is 1. The van der Waals surface area contributed by atoms with Crippen LogP contribution >= 0.6 is 0 Å². The molecule has 1 aliphatic rings. The van der Waals surface area contributed by atoms with Gasteiger partial charge in [0.25, 0.3) is 0 Å². The molecule has 0 unspecified atom stereocenters. The van der Waals surface area contributed by atoms with Crippen LogP contribution in [0.15, 0.2) is 54.6 Å². The van der Waals surface area contributed by atoms with E-state index in [1.165, 1.54) is 11.1 Å². The number of anilines is 1. The van der Waals surface area contributed by atoms with Gasteiger partial charge in [-0.1, -0.05) is 42.5 Å². The first-order valence-corrected chi connectivity index (χ1v) is 9.27. The van der Waals surface area contributed by atoms with Gasteiger partial charge >= 0.3 is 0 Å². The van der Waals surface area contributed by atoms with Crippen LogP contribution in [0.4, 0.5) is 5.69 Å². The van der Waals surface area contributed by atoms with Crippen LogP contribution in [0, 0.1) is 0 Å². The Balaban J connectivity index is 1.48. The molecule has 2 aromatic carbocycles. The molecule has 1 aliphatic heterocycles. The maximum Gasteiger partial charge on any atom is 0.0447 e. The highest BCUT2D eigenvalue weighted by molar-refractivity contribution is 5.44. The van der Waals surface area contributed by atoms with Crippen molar-refractivity contribution in [3.8, 4) is 0 Å². The monoisotopic (exact) mass is 339 g/mol. The smallest absolute Gasteiger partial charge is 0.0447 e. The molecular weight excluding hydrogens is 310 g/mol. The Labute approximate surface area is 150 Å². The van der Waals surface area contributed by atoms with Crippen molar-refractivity contribution in [1.29, 1.82) is 0 Å². The van der Waals surface area contributed by atoms with Gasteiger partial charge in [-0.3, -0.25) is 4.90 Å². The Kier molecular flexibility index (Phi) is 6.86. The lowest BCUT2D eigenvalue weighted by Gasteiger charge is -2.34. The van der Waals surface area contributed by atoms with E-state index in [-0.39, 0.29) is 6.61 Å². The molecule has 1 fully saturated rings. The fourth-order valence-corrected chi connectivity index (χ4v) is 3.37. The molecule has 3 N–H and O–H groups in total. The van der Waals surface area contributed by atoms with Gasteiger partial charge in [0.2, 0.25) is 0 Å². The minimum absolute atomic E-state index is 0.234. The number of benzene rings is 2. The zero-order valence-corrected chi connectivity index (χ0v) is 14.8. The molecule has 0 spiro atoms. The van der Waals surface area contributed by atoms with Crippen molar-refractivity contribution in [2.24, 2.45) is 0 Å². The van der Waals surface area contributed by atoms with Crippen molar-refractivity contribution in [1.82, 2.24) is 10.2 Å². The van der Waals surface area contributed by atoms with Crippen LogP contribution in [-0.2, 0) is 13.0 Å². The van der Waals surface area contributed by atoms with Crippen LogP contribution in [0.5, 0.6) is 0 Å². The summed E-state index contributed by atoms with van der Waals surface area (Å²) in [5.41, 5.74) is 3.88. The predicted molar refractivity (Wildman–Crippen MR) is 104 cm³/mol. The molecular formula is C21H29N3O. The zero-order valence-electron chi connectivity index (χ0n) is 14.8. The Morgan fingerprint density at radius 1 is 1.04 bits per heavy atom. The minimum atomic E-state index is 0.234. The fourth-order valence-electron chi connectivity index (χ4n) is 3.37. The largest absolute Gasteiger partial charge is 0.396 e. The number of hydrogen-bond donors (Lipinski definition) is 3. The molecule has 134 valence electrons. The quantitative estimate of drug-likeness (QED) is 0.647. The zero-order chi connectivity index (χ0) is 17.3. The Morgan fingerprint density at radius 2 is 1.84 bits per heavy atom. The van der Waals surface area contributed by atoms with E-state index in [9.17, 15) is 0 Å². The van der Waals surface area contributed by atoms with Crippen molar-refractivity contribution in [3.63, 3.8) is 0 Å². The topological polar surface area (TPSA) is 47.5 Å². The standard InChI is InChI=1S/C21H29N3O/c25-14-4-11-22-20-9-7-18(8-10-20)15-21-17-24(13-12-23-21)16-19-5-2-1-3-6-19/h1-3,5-10,21-23,25H,4,11-17H2/t21-/m1/s1. The van der Waals surface area contributed by atoms with E-state index in [1.807, 2.05) is 0 Å². The highest BCUT2D eigenvalue weighted by Gasteiger charge is 2.19. The first kappa shape index (κ1) is 17.9. The van der Waals surface area contributed by atoms with Crippen LogP contribution in [0.2, 0.25) is 0 Å². The van der Waals surface area contributed by atoms with Crippen LogP contribution in [0.3, 0.4) is 0 Å². The number of hydrogen-bond acceptors (Lipinski definition) is 4. The number of aliphatic hydroxyl groups excluding tert-OH is 1. The van der Waals surface area contributed by atoms with E-state index in [0.29, 0.717) is 6.04 Å². The van der Waals surface area contributed by atoms with Gasteiger partial charge in [0.15, 0.2) is 0 Å². The number of rotatable bonds is 8. The summed E-state index contributed by atoms with van der Waals surface area (Å²) in [4.78, 5) is 2.54. The SMILES string of the molecule is OCCCNc1ccc(C[C@@H]2CN(Cc3ccccc3)CCN2)cc1. The Bertz CT molecular complexity index is 615. The Hall–Kier alpha value is -1.88. The van der Waals surface area contributed by atoms with Gasteiger partial charge in [0, 0.05) is 51.1 Å². The van der Waals surface area contributed by atoms with Crippen LogP contribution in [0.25, 0.3) is 0 Å². The van der Waals surface area contributed by atoms with Gasteiger partial charge in [-0.15, -0.1) is 0 Å². The summed E-state index contributed by atoms with van der Waals surface area (Å²) in [7, 11) is 0. The average Bonchev–Trinajstić information content (AvgIpc) is 2.65. The summed E-state index contributed by atoms with van der Waals surface area (Å²) >= 11 is 0. The van der Waals surface area contributed by atoms with Gasteiger partial charge < -0.3 is 15.7 Å². The summed E-state index contributed by atoms with van der Waals surface area (Å²) in [5.74, 6) is 0. The normalized spacial score (nSPS) is 18.2. The van der Waals surface area contributed by atoms with Gasteiger partial charge in [0.05, 0.1) is 0 Å². The third-order valence-corrected chi connectivity index (χ3v) is 4.69. The maximum absolute atomic E-state index is 8.83. The van der Waals surface area contributed by atoms with E-state index < -0.39 is 0 Å². The molecule has 4 nitrogen and oxygen atoms in total. The first-order valence-electron chi connectivity index (χ1n) is 9.27. The maximum atomic E-state index is 8.83. The van der Waals surface area contributed by atoms with Crippen molar-refractivity contribution in [3.05, 3.63) is 65.7 Å². The van der Waals surface area contributed by atoms with Crippen LogP contribution in [0.1, 0.15) is 17.5 Å². The van der Waals surface area contributed by atoms with Gasteiger partial charge in [0.1, 0.15) is 0 Å². The molecule has 1 heterocycles. The second kappa shape index (κ2) is 9.56. The highest BCUT2D eigenvalue weighted by Crippen LogP contribution is 2.14. The summed E-state index contributed by atoms with van der Waals surface area (Å²) in [6, 6.07) is 19.9. The molecule has 0 saturated carbocycles. The van der Waals surface area contributed by atoms with E-state index in [1.54, 1.807) is 0 Å². The second-order valence-electron chi connectivity index (χ2n) is 6.78. The summed E-state index contributed by atoms with van der Waals surface area (Å²) < 4.78 is 0. The predicted octanol–water partition coefficient (Wildman–Crippen LogP) is 2.50. The lowest BCUT2D eigenvalue weighted by Crippen LogP contribution is -2.51. The van der Waals surface area contributed by atoms with Gasteiger partial charge in [-0.05, 0) is 36.1 Å². The molecule has 4 heteroatoms. The lowest BCUT2D eigenvalue weighted by molar-refractivity contribution is 0.192. The van der Waals surface area contributed by atoms with Crippen LogP contribution in [-0.4, -0.2) is 48.8 Å². The summed E-state index contributed by atoms with van der Waals surface area (Å²) in [5, 5.41) is 15.8. The molecule has 0 aromatic heterocycles. The Morgan fingerprint density at radius 3 is 2.60 bits per heavy atom. The number of piperazine rings is 1. The molecule has 25 heavy (non-hydrogen) atoms. The van der Waals surface area contributed by atoms with Crippen molar-refractivity contribution in [2.75, 3.05) is 38.1 Å². The summed E-state index contributed by atoms with van der Waals surface area (Å²) in [6.07, 6.45) is 1.84. The van der Waals surface area contributed by atoms with Gasteiger partial charge in [-0.25, -0.2) is 0 Å². The van der Waals surface area contributed by atoms with Gasteiger partial charge in [-0.2, -0.15) is 0 Å². The molecule has 0 aliphatic carbocycles. The van der Waals surface area contributed by atoms with Crippen molar-refractivity contribution < 1.29 is 5.11 Å². The fraction of sp³-hybridized carbons (Fsp3) is 0.429. The third-order valence-electron chi connectivity index (χ3n) is 4.69. The first-order chi connectivity index (χ1) is 12.3. The van der Waals surface area contributed by atoms with Crippen molar-refractivity contribution in [2.45, 2.75) is 25.4 Å². The minimum Gasteiger partial charge on any atom is -0.396 e. The highest BCUT2D eigenvalue weighted by atomic mass is 16.3. The van der Waals surface area contributed by atoms with E-state index in [4.69, 9.17) is 5.11 Å². The number of nitrogens with one attached hydrogen (secondary N) is 2. The molecule has 1 saturated heterocycles. The van der Waals surface area contributed by atoms with Crippen molar-refractivity contribution >= 4 is 5.69 Å². The second-order valence-corrected chi connectivity index (χ2v) is 6.78. The van der Waals surface area contributed by atoms with E-state index in [0.717, 1.165) is 51.3 Å². The molecule has 1 atom stereocenters. The van der Waals surface area contributed by atoms with Crippen LogP contribution < -0.4 is 10.6 Å². The van der Waals surface area contributed by atoms with E-state index >= 15 is 0 Å². The average molecular weight is 339 g/mol. The molecule has 3 rings (SSSR count).